The van der Waals surface area contributed by atoms with Gasteiger partial charge in [-0.05, 0) is 45.4 Å². The van der Waals surface area contributed by atoms with Crippen molar-refractivity contribution < 1.29 is 9.53 Å². The van der Waals surface area contributed by atoms with Gasteiger partial charge in [0.15, 0.2) is 0 Å². The Kier molecular flexibility index (Phi) is 6.02. The maximum Gasteiger partial charge on any atom is 0.246 e. The van der Waals surface area contributed by atoms with E-state index in [0.29, 0.717) is 19.6 Å². The van der Waals surface area contributed by atoms with E-state index in [9.17, 15) is 4.79 Å². The Morgan fingerprint density at radius 2 is 1.93 bits per heavy atom. The second-order valence-corrected chi connectivity index (χ2v) is 7.57. The van der Waals surface area contributed by atoms with E-state index in [1.807, 2.05) is 67.6 Å². The molecule has 0 N–H and O–H groups in total. The van der Waals surface area contributed by atoms with E-state index >= 15 is 0 Å². The van der Waals surface area contributed by atoms with E-state index in [2.05, 4.69) is 5.10 Å². The van der Waals surface area contributed by atoms with Gasteiger partial charge in [0.1, 0.15) is 0 Å². The Hall–Kier alpha value is -2.11. The van der Waals surface area contributed by atoms with Crippen LogP contribution in [0, 0.1) is 13.8 Å². The summed E-state index contributed by atoms with van der Waals surface area (Å²) < 4.78 is 7.63. The summed E-state index contributed by atoms with van der Waals surface area (Å²) >= 11 is 6.27. The number of aromatic nitrogens is 2. The maximum atomic E-state index is 12.6. The Labute approximate surface area is 165 Å². The van der Waals surface area contributed by atoms with E-state index in [1.54, 1.807) is 6.08 Å². The van der Waals surface area contributed by atoms with Crippen LogP contribution in [-0.2, 0) is 16.1 Å². The fourth-order valence-corrected chi connectivity index (χ4v) is 3.71. The number of carbonyl (C=O) groups excluding carboxylic acids is 1. The quantitative estimate of drug-likeness (QED) is 0.748. The van der Waals surface area contributed by atoms with Crippen LogP contribution < -0.4 is 0 Å². The summed E-state index contributed by atoms with van der Waals surface area (Å²) in [6.45, 7) is 9.81. The molecular formula is C21H26ClN3O2. The van der Waals surface area contributed by atoms with E-state index in [-0.39, 0.29) is 18.1 Å². The van der Waals surface area contributed by atoms with Gasteiger partial charge in [0.25, 0.3) is 0 Å². The van der Waals surface area contributed by atoms with Crippen molar-refractivity contribution in [1.29, 1.82) is 0 Å². The smallest absolute Gasteiger partial charge is 0.246 e. The van der Waals surface area contributed by atoms with Crippen LogP contribution in [0.1, 0.15) is 36.4 Å². The second kappa shape index (κ2) is 8.28. The Morgan fingerprint density at radius 1 is 1.26 bits per heavy atom. The van der Waals surface area contributed by atoms with E-state index in [0.717, 1.165) is 27.5 Å². The Morgan fingerprint density at radius 3 is 2.59 bits per heavy atom. The minimum Gasteiger partial charge on any atom is -0.372 e. The number of halogens is 1. The summed E-state index contributed by atoms with van der Waals surface area (Å²) in [7, 11) is 0. The lowest BCUT2D eigenvalue weighted by atomic mass is 10.1. The molecule has 0 spiro atoms. The first-order valence-corrected chi connectivity index (χ1v) is 9.62. The number of hydrogen-bond acceptors (Lipinski definition) is 3. The number of morpholine rings is 1. The molecule has 1 aliphatic rings. The SMILES string of the molecule is Cc1nn(Cc2ccccc2Cl)c(C)c1/C=C/C(=O)N1C[C@@H](C)O[C@@H](C)C1. The molecule has 6 heteroatoms. The lowest BCUT2D eigenvalue weighted by molar-refractivity contribution is -0.137. The van der Waals surface area contributed by atoms with Crippen LogP contribution in [0.3, 0.4) is 0 Å². The molecular weight excluding hydrogens is 362 g/mol. The highest BCUT2D eigenvalue weighted by Gasteiger charge is 2.24. The summed E-state index contributed by atoms with van der Waals surface area (Å²) in [6, 6.07) is 7.77. The number of carbonyl (C=O) groups is 1. The van der Waals surface area contributed by atoms with E-state index in [1.165, 1.54) is 0 Å². The van der Waals surface area contributed by atoms with Gasteiger partial charge in [-0.3, -0.25) is 9.48 Å². The maximum absolute atomic E-state index is 12.6. The van der Waals surface area contributed by atoms with Gasteiger partial charge in [-0.15, -0.1) is 0 Å². The van der Waals surface area contributed by atoms with Crippen molar-refractivity contribution >= 4 is 23.6 Å². The number of ether oxygens (including phenoxy) is 1. The zero-order valence-corrected chi connectivity index (χ0v) is 17.0. The van der Waals surface area contributed by atoms with E-state index in [4.69, 9.17) is 16.3 Å². The van der Waals surface area contributed by atoms with Gasteiger partial charge in [-0.2, -0.15) is 5.10 Å². The van der Waals surface area contributed by atoms with Gasteiger partial charge >= 0.3 is 0 Å². The summed E-state index contributed by atoms with van der Waals surface area (Å²) in [5.74, 6) is 0.00894. The van der Waals surface area contributed by atoms with Gasteiger partial charge in [0.05, 0.1) is 24.4 Å². The Bertz CT molecular complexity index is 849. The molecule has 0 aliphatic carbocycles. The molecule has 1 amide bonds. The molecule has 2 aromatic rings. The zero-order chi connectivity index (χ0) is 19.6. The molecule has 3 rings (SSSR count). The van der Waals surface area contributed by atoms with Gasteiger partial charge < -0.3 is 9.64 Å². The number of rotatable bonds is 4. The monoisotopic (exact) mass is 387 g/mol. The summed E-state index contributed by atoms with van der Waals surface area (Å²) in [5, 5.41) is 5.35. The minimum absolute atomic E-state index is 0.00894. The van der Waals surface area contributed by atoms with Gasteiger partial charge in [0, 0.05) is 35.4 Å². The fraction of sp³-hybridized carbons (Fsp3) is 0.429. The molecule has 0 bridgehead atoms. The number of benzene rings is 1. The number of amides is 1. The summed E-state index contributed by atoms with van der Waals surface area (Å²) in [4.78, 5) is 14.4. The van der Waals surface area contributed by atoms with Crippen molar-refractivity contribution in [2.45, 2.75) is 46.4 Å². The third-order valence-corrected chi connectivity index (χ3v) is 5.21. The summed E-state index contributed by atoms with van der Waals surface area (Å²) in [6.07, 6.45) is 3.64. The molecule has 5 nitrogen and oxygen atoms in total. The minimum atomic E-state index is 0.00894. The molecule has 2 heterocycles. The third-order valence-electron chi connectivity index (χ3n) is 4.84. The van der Waals surface area contributed by atoms with Crippen molar-refractivity contribution in [2.24, 2.45) is 0 Å². The fourth-order valence-electron chi connectivity index (χ4n) is 3.51. The molecule has 1 aliphatic heterocycles. The lowest BCUT2D eigenvalue weighted by Crippen LogP contribution is -2.47. The van der Waals surface area contributed by atoms with Gasteiger partial charge in [-0.1, -0.05) is 29.8 Å². The van der Waals surface area contributed by atoms with Crippen LogP contribution in [0.15, 0.2) is 30.3 Å². The van der Waals surface area contributed by atoms with Crippen molar-refractivity contribution in [3.63, 3.8) is 0 Å². The lowest BCUT2D eigenvalue weighted by Gasteiger charge is -2.34. The first kappa shape index (κ1) is 19.6. The molecule has 144 valence electrons. The van der Waals surface area contributed by atoms with Crippen LogP contribution in [0.4, 0.5) is 0 Å². The van der Waals surface area contributed by atoms with Crippen molar-refractivity contribution in [3.05, 3.63) is 57.9 Å². The molecule has 27 heavy (non-hydrogen) atoms. The first-order chi connectivity index (χ1) is 12.8. The van der Waals surface area contributed by atoms with Gasteiger partial charge in [-0.25, -0.2) is 0 Å². The average Bonchev–Trinajstić information content (AvgIpc) is 2.87. The van der Waals surface area contributed by atoms with Crippen LogP contribution in [0.2, 0.25) is 5.02 Å². The van der Waals surface area contributed by atoms with E-state index < -0.39 is 0 Å². The number of hydrogen-bond donors (Lipinski definition) is 0. The van der Waals surface area contributed by atoms with Crippen molar-refractivity contribution in [2.75, 3.05) is 13.1 Å². The van der Waals surface area contributed by atoms with Crippen molar-refractivity contribution in [3.8, 4) is 0 Å². The predicted molar refractivity (Wildman–Crippen MR) is 108 cm³/mol. The summed E-state index contributed by atoms with van der Waals surface area (Å²) in [5.41, 5.74) is 3.91. The topological polar surface area (TPSA) is 47.4 Å². The number of nitrogens with zero attached hydrogens (tertiary/aromatic N) is 3. The standard InChI is InChI=1S/C21H26ClN3O2/c1-14-11-24(12-15(2)27-14)21(26)10-9-19-16(3)23-25(17(19)4)13-18-7-5-6-8-20(18)22/h5-10,14-15H,11-13H2,1-4H3/b10-9+/t14-,15+. The van der Waals surface area contributed by atoms with Gasteiger partial charge in [0.2, 0.25) is 5.91 Å². The molecule has 1 saturated heterocycles. The van der Waals surface area contributed by atoms with Crippen LogP contribution in [0.25, 0.3) is 6.08 Å². The molecule has 1 aromatic carbocycles. The highest BCUT2D eigenvalue weighted by atomic mass is 35.5. The molecule has 0 unspecified atom stereocenters. The zero-order valence-electron chi connectivity index (χ0n) is 16.3. The normalized spacial score (nSPS) is 20.4. The largest absolute Gasteiger partial charge is 0.372 e. The first-order valence-electron chi connectivity index (χ1n) is 9.25. The van der Waals surface area contributed by atoms with Crippen LogP contribution in [-0.4, -0.2) is 45.9 Å². The predicted octanol–water partition coefficient (Wildman–Crippen LogP) is 3.85. The second-order valence-electron chi connectivity index (χ2n) is 7.17. The highest BCUT2D eigenvalue weighted by Crippen LogP contribution is 2.20. The molecule has 0 radical (unpaired) electrons. The Balaban J connectivity index is 1.75. The average molecular weight is 388 g/mol. The highest BCUT2D eigenvalue weighted by molar-refractivity contribution is 6.31. The molecule has 2 atom stereocenters. The van der Waals surface area contributed by atoms with Crippen LogP contribution in [0.5, 0.6) is 0 Å². The molecule has 1 aromatic heterocycles. The third kappa shape index (κ3) is 4.60. The molecule has 0 saturated carbocycles. The molecule has 1 fully saturated rings. The number of aryl methyl sites for hydroxylation is 1. The van der Waals surface area contributed by atoms with Crippen LogP contribution >= 0.6 is 11.6 Å². The van der Waals surface area contributed by atoms with Crippen molar-refractivity contribution in [1.82, 2.24) is 14.7 Å².